The lowest BCUT2D eigenvalue weighted by Gasteiger charge is -2.08. The minimum atomic E-state index is -3.66. The lowest BCUT2D eigenvalue weighted by Crippen LogP contribution is -2.23. The van der Waals surface area contributed by atoms with E-state index in [1.54, 1.807) is 18.8 Å². The number of hydrogen-bond donors (Lipinski definition) is 2. The summed E-state index contributed by atoms with van der Waals surface area (Å²) in [6, 6.07) is 3.75. The Bertz CT molecular complexity index is 672. The third kappa shape index (κ3) is 3.60. The molecule has 0 fully saturated rings. The van der Waals surface area contributed by atoms with Gasteiger partial charge in [-0.2, -0.15) is 0 Å². The minimum Gasteiger partial charge on any atom is -0.316 e. The van der Waals surface area contributed by atoms with Gasteiger partial charge in [0.1, 0.15) is 5.82 Å². The summed E-state index contributed by atoms with van der Waals surface area (Å²) < 4.78 is 40.2. The van der Waals surface area contributed by atoms with Gasteiger partial charge in [0.15, 0.2) is 0 Å². The molecule has 0 radical (unpaired) electrons. The predicted molar refractivity (Wildman–Crippen MR) is 75.3 cm³/mol. The first kappa shape index (κ1) is 15.0. The molecule has 1 aromatic carbocycles. The van der Waals surface area contributed by atoms with Gasteiger partial charge in [0.05, 0.1) is 10.4 Å². The summed E-state index contributed by atoms with van der Waals surface area (Å²) in [4.78, 5) is 4.73. The third-order valence-electron chi connectivity index (χ3n) is 2.61. The molecule has 1 heterocycles. The van der Waals surface area contributed by atoms with Gasteiger partial charge in [-0.05, 0) is 25.2 Å². The van der Waals surface area contributed by atoms with E-state index in [9.17, 15) is 12.8 Å². The van der Waals surface area contributed by atoms with E-state index >= 15 is 0 Å². The molecule has 20 heavy (non-hydrogen) atoms. The molecule has 8 heteroatoms. The quantitative estimate of drug-likeness (QED) is 0.847. The van der Waals surface area contributed by atoms with Gasteiger partial charge in [-0.25, -0.2) is 17.5 Å². The molecule has 0 spiro atoms. The van der Waals surface area contributed by atoms with Crippen LogP contribution in [0.1, 0.15) is 10.4 Å². The fraction of sp³-hybridized carbons (Fsp3) is 0.250. The summed E-state index contributed by atoms with van der Waals surface area (Å²) >= 11 is 1.36. The Hall–Kier alpha value is -1.35. The van der Waals surface area contributed by atoms with E-state index in [-0.39, 0.29) is 18.0 Å². The van der Waals surface area contributed by atoms with Gasteiger partial charge in [0, 0.05) is 29.7 Å². The molecule has 0 saturated carbocycles. The fourth-order valence-corrected chi connectivity index (χ4v) is 3.31. The molecular formula is C12H14FN3O2S2. The van der Waals surface area contributed by atoms with Crippen molar-refractivity contribution in [3.8, 4) is 0 Å². The third-order valence-corrected chi connectivity index (χ3v) is 4.79. The van der Waals surface area contributed by atoms with Crippen molar-refractivity contribution in [3.63, 3.8) is 0 Å². The van der Waals surface area contributed by atoms with Crippen LogP contribution in [-0.2, 0) is 23.1 Å². The molecule has 0 aliphatic rings. The number of hydrogen-bond acceptors (Lipinski definition) is 5. The van der Waals surface area contributed by atoms with Gasteiger partial charge in [0.25, 0.3) is 0 Å². The number of aromatic nitrogens is 1. The van der Waals surface area contributed by atoms with Crippen molar-refractivity contribution in [2.45, 2.75) is 18.0 Å². The first-order valence-corrected chi connectivity index (χ1v) is 8.19. The zero-order valence-electron chi connectivity index (χ0n) is 10.8. The molecular weight excluding hydrogens is 301 g/mol. The van der Waals surface area contributed by atoms with E-state index in [0.29, 0.717) is 5.56 Å². The zero-order valence-corrected chi connectivity index (χ0v) is 12.4. The molecule has 0 aliphatic carbocycles. The highest BCUT2D eigenvalue weighted by Gasteiger charge is 2.16. The van der Waals surface area contributed by atoms with Crippen LogP contribution in [0.5, 0.6) is 0 Å². The average molecular weight is 315 g/mol. The van der Waals surface area contributed by atoms with Gasteiger partial charge in [-0.3, -0.25) is 4.98 Å². The number of thiazole rings is 1. The van der Waals surface area contributed by atoms with Crippen molar-refractivity contribution in [1.29, 1.82) is 0 Å². The van der Waals surface area contributed by atoms with Gasteiger partial charge < -0.3 is 5.32 Å². The Kier molecular flexibility index (Phi) is 4.81. The smallest absolute Gasteiger partial charge is 0.240 e. The second-order valence-corrected chi connectivity index (χ2v) is 6.81. The maximum Gasteiger partial charge on any atom is 0.240 e. The molecule has 2 aromatic rings. The lowest BCUT2D eigenvalue weighted by atomic mass is 10.2. The Morgan fingerprint density at radius 3 is 2.80 bits per heavy atom. The van der Waals surface area contributed by atoms with Gasteiger partial charge in [-0.1, -0.05) is 0 Å². The van der Waals surface area contributed by atoms with Crippen LogP contribution >= 0.6 is 11.3 Å². The highest BCUT2D eigenvalue weighted by molar-refractivity contribution is 7.89. The minimum absolute atomic E-state index is 0.0497. The molecule has 0 aliphatic heterocycles. The number of rotatable bonds is 6. The Labute approximate surface area is 120 Å². The average Bonchev–Trinajstić information content (AvgIpc) is 2.92. The van der Waals surface area contributed by atoms with E-state index in [4.69, 9.17) is 0 Å². The molecule has 108 valence electrons. The van der Waals surface area contributed by atoms with Crippen LogP contribution in [-0.4, -0.2) is 20.4 Å². The molecule has 0 amide bonds. The number of nitrogens with zero attached hydrogens (tertiary/aromatic N) is 1. The largest absolute Gasteiger partial charge is 0.316 e. The summed E-state index contributed by atoms with van der Waals surface area (Å²) in [5, 5.41) is 2.80. The fourth-order valence-electron chi connectivity index (χ4n) is 1.62. The first-order chi connectivity index (χ1) is 9.53. The number of sulfonamides is 1. The number of halogens is 1. The molecule has 5 nitrogen and oxygen atoms in total. The van der Waals surface area contributed by atoms with E-state index < -0.39 is 15.8 Å². The monoisotopic (exact) mass is 315 g/mol. The second-order valence-electron chi connectivity index (χ2n) is 4.08. The second kappa shape index (κ2) is 6.40. The van der Waals surface area contributed by atoms with Gasteiger partial charge >= 0.3 is 0 Å². The van der Waals surface area contributed by atoms with Crippen LogP contribution < -0.4 is 10.0 Å². The van der Waals surface area contributed by atoms with E-state index in [1.807, 2.05) is 0 Å². The number of nitrogens with one attached hydrogen (secondary N) is 2. The van der Waals surface area contributed by atoms with Gasteiger partial charge in [-0.15, -0.1) is 11.3 Å². The summed E-state index contributed by atoms with van der Waals surface area (Å²) in [6.07, 6.45) is 1.60. The van der Waals surface area contributed by atoms with Crippen LogP contribution in [0.3, 0.4) is 0 Å². The zero-order chi connectivity index (χ0) is 14.6. The molecule has 0 atom stereocenters. The van der Waals surface area contributed by atoms with Crippen molar-refractivity contribution in [2.24, 2.45) is 0 Å². The van der Waals surface area contributed by atoms with Crippen LogP contribution in [0.15, 0.2) is 34.8 Å². The van der Waals surface area contributed by atoms with Crippen LogP contribution in [0, 0.1) is 5.82 Å². The maximum absolute atomic E-state index is 13.5. The van der Waals surface area contributed by atoms with E-state index in [2.05, 4.69) is 15.0 Å². The first-order valence-electron chi connectivity index (χ1n) is 5.83. The van der Waals surface area contributed by atoms with Crippen molar-refractivity contribution in [2.75, 3.05) is 7.05 Å². The molecule has 0 bridgehead atoms. The van der Waals surface area contributed by atoms with Crippen molar-refractivity contribution >= 4 is 21.4 Å². The lowest BCUT2D eigenvalue weighted by molar-refractivity contribution is 0.578. The van der Waals surface area contributed by atoms with E-state index in [0.717, 1.165) is 10.9 Å². The molecule has 2 N–H and O–H groups in total. The summed E-state index contributed by atoms with van der Waals surface area (Å²) in [5.74, 6) is -0.430. The van der Waals surface area contributed by atoms with Gasteiger partial charge in [0.2, 0.25) is 10.0 Å². The summed E-state index contributed by atoms with van der Waals surface area (Å²) in [7, 11) is -1.99. The highest BCUT2D eigenvalue weighted by atomic mass is 32.2. The van der Waals surface area contributed by atoms with Crippen LogP contribution in [0.2, 0.25) is 0 Å². The normalized spacial score (nSPS) is 11.7. The van der Waals surface area contributed by atoms with Crippen molar-refractivity contribution in [1.82, 2.24) is 15.0 Å². The standard InChI is InChI=1S/C12H14FN3O2S2/c1-14-5-9-4-11(2-3-12(9)13)20(17,18)16-7-10-6-15-8-19-10/h2-4,6,8,14,16H,5,7H2,1H3. The predicted octanol–water partition coefficient (Wildman–Crippen LogP) is 1.48. The van der Waals surface area contributed by atoms with Crippen LogP contribution in [0.25, 0.3) is 0 Å². The molecule has 1 aromatic heterocycles. The van der Waals surface area contributed by atoms with E-state index in [1.165, 1.54) is 23.5 Å². The van der Waals surface area contributed by atoms with Crippen LogP contribution in [0.4, 0.5) is 4.39 Å². The van der Waals surface area contributed by atoms with Crippen molar-refractivity contribution < 1.29 is 12.8 Å². The highest BCUT2D eigenvalue weighted by Crippen LogP contribution is 2.16. The number of benzene rings is 1. The molecule has 0 unspecified atom stereocenters. The molecule has 2 rings (SSSR count). The Morgan fingerprint density at radius 2 is 2.15 bits per heavy atom. The summed E-state index contributed by atoms with van der Waals surface area (Å²) in [5.41, 5.74) is 1.94. The molecule has 0 saturated heterocycles. The van der Waals surface area contributed by atoms with Crippen molar-refractivity contribution in [3.05, 3.63) is 46.2 Å². The Morgan fingerprint density at radius 1 is 1.35 bits per heavy atom. The SMILES string of the molecule is CNCc1cc(S(=O)(=O)NCc2cncs2)ccc1F. The Balaban J connectivity index is 2.18. The summed E-state index contributed by atoms with van der Waals surface area (Å²) in [6.45, 7) is 0.440. The maximum atomic E-state index is 13.5. The topological polar surface area (TPSA) is 71.1 Å².